The molecule has 0 spiro atoms. The second-order valence-electron chi connectivity index (χ2n) is 8.28. The summed E-state index contributed by atoms with van der Waals surface area (Å²) >= 11 is 0. The van der Waals surface area contributed by atoms with E-state index in [9.17, 15) is 18.0 Å². The molecule has 0 radical (unpaired) electrons. The van der Waals surface area contributed by atoms with Gasteiger partial charge in [0.05, 0.1) is 4.90 Å². The van der Waals surface area contributed by atoms with Crippen molar-refractivity contribution in [3.63, 3.8) is 0 Å². The monoisotopic (exact) mass is 467 g/mol. The van der Waals surface area contributed by atoms with Crippen molar-refractivity contribution in [3.05, 3.63) is 72.3 Å². The first kappa shape index (κ1) is 23.2. The molecule has 2 aromatic carbocycles. The summed E-state index contributed by atoms with van der Waals surface area (Å²) < 4.78 is 26.9. The van der Waals surface area contributed by atoms with Gasteiger partial charge < -0.3 is 9.80 Å². The molecule has 0 atom stereocenters. The largest absolute Gasteiger partial charge is 0.340 e. The Morgan fingerprint density at radius 3 is 1.88 bits per heavy atom. The van der Waals surface area contributed by atoms with Gasteiger partial charge in [0.1, 0.15) is 0 Å². The van der Waals surface area contributed by atoms with E-state index in [2.05, 4.69) is 18.2 Å². The van der Waals surface area contributed by atoms with E-state index in [0.717, 1.165) is 6.42 Å². The highest BCUT2D eigenvalue weighted by atomic mass is 32.2. The predicted octanol–water partition coefficient (Wildman–Crippen LogP) is 2.62. The molecule has 2 aliphatic heterocycles. The molecule has 0 unspecified atom stereocenters. The van der Waals surface area contributed by atoms with Crippen molar-refractivity contribution >= 4 is 27.4 Å². The molecule has 0 aromatic heterocycles. The Morgan fingerprint density at radius 1 is 0.727 bits per heavy atom. The van der Waals surface area contributed by atoms with Crippen LogP contribution < -0.4 is 0 Å². The van der Waals surface area contributed by atoms with Crippen LogP contribution in [0.4, 0.5) is 0 Å². The molecule has 0 N–H and O–H groups in total. The summed E-state index contributed by atoms with van der Waals surface area (Å²) in [6.07, 6.45) is 3.22. The van der Waals surface area contributed by atoms with Gasteiger partial charge in [-0.25, -0.2) is 8.42 Å². The molecule has 2 aromatic rings. The molecule has 0 saturated carbocycles. The summed E-state index contributed by atoms with van der Waals surface area (Å²) in [5, 5.41) is 0. The lowest BCUT2D eigenvalue weighted by molar-refractivity contribution is -0.137. The molecule has 33 heavy (non-hydrogen) atoms. The maximum atomic E-state index is 12.7. The van der Waals surface area contributed by atoms with Crippen LogP contribution in [0.15, 0.2) is 71.6 Å². The third kappa shape index (κ3) is 5.51. The molecule has 2 aliphatic rings. The zero-order chi connectivity index (χ0) is 23.3. The summed E-state index contributed by atoms with van der Waals surface area (Å²) in [5.41, 5.74) is 2.44. The molecule has 4 rings (SSSR count). The first-order chi connectivity index (χ1) is 15.9. The lowest BCUT2D eigenvalue weighted by atomic mass is 9.99. The zero-order valence-electron chi connectivity index (χ0n) is 18.6. The van der Waals surface area contributed by atoms with Gasteiger partial charge in [0.2, 0.25) is 21.8 Å². The van der Waals surface area contributed by atoms with E-state index in [1.54, 1.807) is 40.1 Å². The van der Waals surface area contributed by atoms with Gasteiger partial charge in [0.15, 0.2) is 0 Å². The van der Waals surface area contributed by atoms with Crippen LogP contribution in [0.5, 0.6) is 0 Å². The number of carbonyl (C=O) groups is 2. The van der Waals surface area contributed by atoms with Gasteiger partial charge in [-0.1, -0.05) is 54.6 Å². The highest BCUT2D eigenvalue weighted by Gasteiger charge is 2.30. The van der Waals surface area contributed by atoms with Crippen LogP contribution in [0.3, 0.4) is 0 Å². The van der Waals surface area contributed by atoms with Gasteiger partial charge in [-0.05, 0) is 29.7 Å². The number of carbonyl (C=O) groups excluding carboxylic acids is 2. The fourth-order valence-corrected chi connectivity index (χ4v) is 5.70. The number of rotatable bonds is 6. The van der Waals surface area contributed by atoms with Crippen LogP contribution in [0.1, 0.15) is 24.8 Å². The maximum absolute atomic E-state index is 12.7. The lowest BCUT2D eigenvalue weighted by Crippen LogP contribution is -2.50. The molecule has 7 nitrogen and oxygen atoms in total. The number of nitrogens with zero attached hydrogens (tertiary/aromatic N) is 3. The first-order valence-corrected chi connectivity index (χ1v) is 12.7. The van der Waals surface area contributed by atoms with Gasteiger partial charge >= 0.3 is 0 Å². The number of sulfonamides is 1. The fourth-order valence-electron chi connectivity index (χ4n) is 4.26. The molecular weight excluding hydrogens is 438 g/mol. The summed E-state index contributed by atoms with van der Waals surface area (Å²) in [6, 6.07) is 18.5. The zero-order valence-corrected chi connectivity index (χ0v) is 19.4. The topological polar surface area (TPSA) is 78.0 Å². The van der Waals surface area contributed by atoms with Crippen LogP contribution >= 0.6 is 0 Å². The van der Waals surface area contributed by atoms with E-state index in [1.165, 1.54) is 15.4 Å². The molecule has 2 amide bonds. The third-order valence-electron chi connectivity index (χ3n) is 6.23. The Hall–Kier alpha value is -2.97. The number of benzene rings is 2. The standard InChI is InChI=1S/C25H29N3O4S/c29-24(26-15-13-22(14-16-26)21-7-3-1-4-8-21)11-12-25(30)27-17-19-28(20-18-27)33(31,32)23-9-5-2-6-10-23/h1-10,13H,11-12,14-20H2. The average molecular weight is 468 g/mol. The van der Waals surface area contributed by atoms with Crippen molar-refractivity contribution in [1.29, 1.82) is 0 Å². The van der Waals surface area contributed by atoms with Crippen LogP contribution in [0.25, 0.3) is 5.57 Å². The van der Waals surface area contributed by atoms with Crippen LogP contribution in [0.2, 0.25) is 0 Å². The molecular formula is C25H29N3O4S. The smallest absolute Gasteiger partial charge is 0.243 e. The first-order valence-electron chi connectivity index (χ1n) is 11.3. The third-order valence-corrected chi connectivity index (χ3v) is 8.14. The lowest BCUT2D eigenvalue weighted by Gasteiger charge is -2.34. The molecule has 0 aliphatic carbocycles. The van der Waals surface area contributed by atoms with Gasteiger partial charge in [-0.15, -0.1) is 0 Å². The Labute approximate surface area is 195 Å². The molecule has 0 bridgehead atoms. The minimum atomic E-state index is -3.55. The number of amides is 2. The maximum Gasteiger partial charge on any atom is 0.243 e. The van der Waals surface area contributed by atoms with E-state index < -0.39 is 10.0 Å². The Morgan fingerprint density at radius 2 is 1.30 bits per heavy atom. The van der Waals surface area contributed by atoms with Crippen LogP contribution in [-0.2, 0) is 19.6 Å². The molecule has 2 heterocycles. The second-order valence-corrected chi connectivity index (χ2v) is 10.2. The van der Waals surface area contributed by atoms with Crippen molar-refractivity contribution in [2.24, 2.45) is 0 Å². The highest BCUT2D eigenvalue weighted by molar-refractivity contribution is 7.89. The van der Waals surface area contributed by atoms with E-state index in [0.29, 0.717) is 26.2 Å². The van der Waals surface area contributed by atoms with Crippen molar-refractivity contribution in [3.8, 4) is 0 Å². The number of piperazine rings is 1. The van der Waals surface area contributed by atoms with Crippen molar-refractivity contribution < 1.29 is 18.0 Å². The fraction of sp³-hybridized carbons (Fsp3) is 0.360. The minimum absolute atomic E-state index is 0.0167. The molecule has 174 valence electrons. The van der Waals surface area contributed by atoms with E-state index in [1.807, 2.05) is 18.2 Å². The van der Waals surface area contributed by atoms with Gasteiger partial charge in [-0.2, -0.15) is 4.31 Å². The van der Waals surface area contributed by atoms with Crippen molar-refractivity contribution in [1.82, 2.24) is 14.1 Å². The minimum Gasteiger partial charge on any atom is -0.340 e. The summed E-state index contributed by atoms with van der Waals surface area (Å²) in [6.45, 7) is 2.42. The van der Waals surface area contributed by atoms with E-state index in [-0.39, 0.29) is 42.6 Å². The quantitative estimate of drug-likeness (QED) is 0.654. The van der Waals surface area contributed by atoms with Crippen LogP contribution in [-0.4, -0.2) is 73.6 Å². The van der Waals surface area contributed by atoms with Crippen molar-refractivity contribution in [2.75, 3.05) is 39.3 Å². The van der Waals surface area contributed by atoms with Gasteiger partial charge in [-0.3, -0.25) is 9.59 Å². The summed E-state index contributed by atoms with van der Waals surface area (Å²) in [5.74, 6) is -0.116. The van der Waals surface area contributed by atoms with Gasteiger partial charge in [0.25, 0.3) is 0 Å². The summed E-state index contributed by atoms with van der Waals surface area (Å²) in [4.78, 5) is 29.0. The second kappa shape index (κ2) is 10.3. The summed E-state index contributed by atoms with van der Waals surface area (Å²) in [7, 11) is -3.55. The number of hydrogen-bond donors (Lipinski definition) is 0. The molecule has 8 heteroatoms. The normalized spacial score (nSPS) is 17.5. The Balaban J connectivity index is 1.23. The van der Waals surface area contributed by atoms with Gasteiger partial charge in [0, 0.05) is 52.1 Å². The Kier molecular flexibility index (Phi) is 7.25. The molecule has 1 fully saturated rings. The highest BCUT2D eigenvalue weighted by Crippen LogP contribution is 2.23. The van der Waals surface area contributed by atoms with Crippen molar-refractivity contribution in [2.45, 2.75) is 24.2 Å². The van der Waals surface area contributed by atoms with Crippen LogP contribution in [0, 0.1) is 0 Å². The number of hydrogen-bond acceptors (Lipinski definition) is 4. The molecule has 1 saturated heterocycles. The SMILES string of the molecule is O=C(CCC(=O)N1CCN(S(=O)(=O)c2ccccc2)CC1)N1CC=C(c2ccccc2)CC1. The average Bonchev–Trinajstić information content (AvgIpc) is 2.88. The Bertz CT molecular complexity index is 1110. The predicted molar refractivity (Wildman–Crippen MR) is 127 cm³/mol. The van der Waals surface area contributed by atoms with E-state index in [4.69, 9.17) is 0 Å². The van der Waals surface area contributed by atoms with E-state index >= 15 is 0 Å².